The second kappa shape index (κ2) is 6.68. The molecule has 0 aliphatic rings. The van der Waals surface area contributed by atoms with E-state index in [1.54, 1.807) is 35.6 Å². The lowest BCUT2D eigenvalue weighted by Gasteiger charge is -2.02. The third kappa shape index (κ3) is 3.68. The fraction of sp³-hybridized carbons (Fsp3) is 0.200. The van der Waals surface area contributed by atoms with Crippen LogP contribution in [0.1, 0.15) is 34.0 Å². The second-order valence-corrected chi connectivity index (χ2v) is 5.87. The summed E-state index contributed by atoms with van der Waals surface area (Å²) < 4.78 is 0. The van der Waals surface area contributed by atoms with E-state index in [1.165, 1.54) is 4.88 Å². The summed E-state index contributed by atoms with van der Waals surface area (Å²) in [6.07, 6.45) is 1.01. The van der Waals surface area contributed by atoms with Gasteiger partial charge in [-0.1, -0.05) is 24.6 Å². The average Bonchev–Trinajstić information content (AvgIpc) is 2.93. The lowest BCUT2D eigenvalue weighted by atomic mass is 10.2. The van der Waals surface area contributed by atoms with Gasteiger partial charge in [0, 0.05) is 15.5 Å². The normalized spacial score (nSPS) is 11.4. The summed E-state index contributed by atoms with van der Waals surface area (Å²) in [6.45, 7) is 3.99. The van der Waals surface area contributed by atoms with Crippen molar-refractivity contribution in [1.82, 2.24) is 5.43 Å². The van der Waals surface area contributed by atoms with E-state index >= 15 is 0 Å². The SMILES string of the molecule is CCc1ccc(/C(C)=N/NC(=O)c2cccc(Cl)c2)s1. The molecule has 0 saturated heterocycles. The summed E-state index contributed by atoms with van der Waals surface area (Å²) in [5.74, 6) is -0.265. The summed E-state index contributed by atoms with van der Waals surface area (Å²) in [5.41, 5.74) is 3.84. The number of aryl methyl sites for hydroxylation is 1. The molecule has 0 aliphatic heterocycles. The number of nitrogens with one attached hydrogen (secondary N) is 1. The first-order valence-corrected chi connectivity index (χ1v) is 7.49. The summed E-state index contributed by atoms with van der Waals surface area (Å²) in [5, 5.41) is 4.66. The van der Waals surface area contributed by atoms with Gasteiger partial charge in [0.1, 0.15) is 0 Å². The molecule has 1 heterocycles. The Morgan fingerprint density at radius 3 is 2.80 bits per heavy atom. The van der Waals surface area contributed by atoms with Gasteiger partial charge in [0.25, 0.3) is 5.91 Å². The van der Waals surface area contributed by atoms with Crippen LogP contribution in [0.15, 0.2) is 41.5 Å². The highest BCUT2D eigenvalue weighted by Crippen LogP contribution is 2.17. The van der Waals surface area contributed by atoms with Gasteiger partial charge >= 0.3 is 0 Å². The average molecular weight is 307 g/mol. The molecule has 0 spiro atoms. The molecule has 1 amide bonds. The molecule has 0 radical (unpaired) electrons. The molecule has 104 valence electrons. The highest BCUT2D eigenvalue weighted by molar-refractivity contribution is 7.14. The molecule has 0 bridgehead atoms. The van der Waals surface area contributed by atoms with Crippen LogP contribution in [0.2, 0.25) is 5.02 Å². The van der Waals surface area contributed by atoms with Crippen molar-refractivity contribution < 1.29 is 4.79 Å². The molecule has 0 unspecified atom stereocenters. The van der Waals surface area contributed by atoms with Crippen molar-refractivity contribution in [2.24, 2.45) is 5.10 Å². The third-order valence-electron chi connectivity index (χ3n) is 2.78. The van der Waals surface area contributed by atoms with Crippen LogP contribution in [-0.2, 0) is 6.42 Å². The van der Waals surface area contributed by atoms with E-state index in [2.05, 4.69) is 23.5 Å². The number of hydrogen-bond donors (Lipinski definition) is 1. The highest BCUT2D eigenvalue weighted by Gasteiger charge is 2.06. The minimum atomic E-state index is -0.265. The molecule has 1 N–H and O–H groups in total. The smallest absolute Gasteiger partial charge is 0.267 e. The Morgan fingerprint density at radius 1 is 1.35 bits per heavy atom. The van der Waals surface area contributed by atoms with Gasteiger partial charge in [-0.25, -0.2) is 5.43 Å². The van der Waals surface area contributed by atoms with E-state index in [0.717, 1.165) is 17.0 Å². The maximum absolute atomic E-state index is 11.9. The van der Waals surface area contributed by atoms with E-state index in [9.17, 15) is 4.79 Å². The van der Waals surface area contributed by atoms with Crippen LogP contribution in [-0.4, -0.2) is 11.6 Å². The lowest BCUT2D eigenvalue weighted by molar-refractivity contribution is 0.0955. The van der Waals surface area contributed by atoms with Crippen molar-refractivity contribution in [3.05, 3.63) is 56.7 Å². The summed E-state index contributed by atoms with van der Waals surface area (Å²) in [4.78, 5) is 14.3. The van der Waals surface area contributed by atoms with Crippen molar-refractivity contribution in [3.63, 3.8) is 0 Å². The topological polar surface area (TPSA) is 41.5 Å². The van der Waals surface area contributed by atoms with E-state index in [0.29, 0.717) is 10.6 Å². The maximum atomic E-state index is 11.9. The minimum Gasteiger partial charge on any atom is -0.267 e. The summed E-state index contributed by atoms with van der Waals surface area (Å²) in [7, 11) is 0. The number of carbonyl (C=O) groups excluding carboxylic acids is 1. The van der Waals surface area contributed by atoms with Gasteiger partial charge < -0.3 is 0 Å². The number of benzene rings is 1. The molecule has 0 saturated carbocycles. The lowest BCUT2D eigenvalue weighted by Crippen LogP contribution is -2.19. The Labute approximate surface area is 127 Å². The molecule has 20 heavy (non-hydrogen) atoms. The van der Waals surface area contributed by atoms with Crippen LogP contribution in [0.5, 0.6) is 0 Å². The van der Waals surface area contributed by atoms with Crippen molar-refractivity contribution >= 4 is 34.6 Å². The zero-order valence-electron chi connectivity index (χ0n) is 11.3. The maximum Gasteiger partial charge on any atom is 0.271 e. The van der Waals surface area contributed by atoms with Gasteiger partial charge in [-0.05, 0) is 43.7 Å². The summed E-state index contributed by atoms with van der Waals surface area (Å²) >= 11 is 7.54. The van der Waals surface area contributed by atoms with Crippen LogP contribution in [0.3, 0.4) is 0 Å². The first-order valence-electron chi connectivity index (χ1n) is 6.29. The minimum absolute atomic E-state index is 0.265. The second-order valence-electron chi connectivity index (χ2n) is 4.27. The Balaban J connectivity index is 2.06. The number of rotatable bonds is 4. The zero-order chi connectivity index (χ0) is 14.5. The molecular formula is C15H15ClN2OS. The van der Waals surface area contributed by atoms with Gasteiger partial charge in [-0.3, -0.25) is 4.79 Å². The van der Waals surface area contributed by atoms with Crippen LogP contribution in [0.25, 0.3) is 0 Å². The Kier molecular flexibility index (Phi) is 4.93. The number of nitrogens with zero attached hydrogens (tertiary/aromatic N) is 1. The van der Waals surface area contributed by atoms with Crippen molar-refractivity contribution in [3.8, 4) is 0 Å². The van der Waals surface area contributed by atoms with E-state index in [4.69, 9.17) is 11.6 Å². The fourth-order valence-electron chi connectivity index (χ4n) is 1.65. The van der Waals surface area contributed by atoms with Crippen LogP contribution < -0.4 is 5.43 Å². The Morgan fingerprint density at radius 2 is 2.15 bits per heavy atom. The van der Waals surface area contributed by atoms with Gasteiger partial charge in [0.2, 0.25) is 0 Å². The van der Waals surface area contributed by atoms with Gasteiger partial charge in [0.05, 0.1) is 10.6 Å². The number of amides is 1. The van der Waals surface area contributed by atoms with Gasteiger partial charge in [-0.15, -0.1) is 11.3 Å². The van der Waals surface area contributed by atoms with Crippen LogP contribution in [0, 0.1) is 0 Å². The van der Waals surface area contributed by atoms with Crippen molar-refractivity contribution in [2.45, 2.75) is 20.3 Å². The number of thiophene rings is 1. The largest absolute Gasteiger partial charge is 0.271 e. The molecule has 0 fully saturated rings. The van der Waals surface area contributed by atoms with Crippen LogP contribution >= 0.6 is 22.9 Å². The van der Waals surface area contributed by atoms with E-state index in [-0.39, 0.29) is 5.91 Å². The quantitative estimate of drug-likeness (QED) is 0.670. The molecule has 2 rings (SSSR count). The molecule has 2 aromatic rings. The first-order chi connectivity index (χ1) is 9.60. The van der Waals surface area contributed by atoms with E-state index < -0.39 is 0 Å². The standard InChI is InChI=1S/C15H15ClN2OS/c1-3-13-7-8-14(20-13)10(2)17-18-15(19)11-5-4-6-12(16)9-11/h4-9H,3H2,1-2H3,(H,18,19)/b17-10+. The molecular weight excluding hydrogens is 292 g/mol. The fourth-order valence-corrected chi connectivity index (χ4v) is 2.73. The zero-order valence-corrected chi connectivity index (χ0v) is 12.9. The first kappa shape index (κ1) is 14.8. The van der Waals surface area contributed by atoms with Gasteiger partial charge in [0.15, 0.2) is 0 Å². The predicted octanol–water partition coefficient (Wildman–Crippen LogP) is 4.12. The number of halogens is 1. The highest BCUT2D eigenvalue weighted by atomic mass is 35.5. The third-order valence-corrected chi connectivity index (χ3v) is 4.35. The molecule has 1 aromatic heterocycles. The van der Waals surface area contributed by atoms with Crippen molar-refractivity contribution in [1.29, 1.82) is 0 Å². The molecule has 5 heteroatoms. The molecule has 1 aromatic carbocycles. The molecule has 0 aliphatic carbocycles. The number of hydrazone groups is 1. The number of hydrogen-bond acceptors (Lipinski definition) is 3. The Hall–Kier alpha value is -1.65. The monoisotopic (exact) mass is 306 g/mol. The molecule has 0 atom stereocenters. The summed E-state index contributed by atoms with van der Waals surface area (Å²) in [6, 6.07) is 10.9. The van der Waals surface area contributed by atoms with E-state index in [1.807, 2.05) is 13.0 Å². The molecule has 3 nitrogen and oxygen atoms in total. The number of carbonyl (C=O) groups is 1. The van der Waals surface area contributed by atoms with Crippen LogP contribution in [0.4, 0.5) is 0 Å². The Bertz CT molecular complexity index is 649. The predicted molar refractivity (Wildman–Crippen MR) is 84.8 cm³/mol. The van der Waals surface area contributed by atoms with Gasteiger partial charge in [-0.2, -0.15) is 5.10 Å². The van der Waals surface area contributed by atoms with Crippen molar-refractivity contribution in [2.75, 3.05) is 0 Å².